The van der Waals surface area contributed by atoms with Crippen molar-refractivity contribution in [3.05, 3.63) is 77.0 Å². The Morgan fingerprint density at radius 3 is 2.33 bits per heavy atom. The molecule has 0 unspecified atom stereocenters. The van der Waals surface area contributed by atoms with Crippen molar-refractivity contribution in [1.29, 1.82) is 0 Å². The van der Waals surface area contributed by atoms with E-state index in [0.717, 1.165) is 5.56 Å². The van der Waals surface area contributed by atoms with Crippen LogP contribution in [0.4, 0.5) is 0 Å². The normalized spacial score (nSPS) is 11.5. The maximum absolute atomic E-state index is 12.2. The van der Waals surface area contributed by atoms with Gasteiger partial charge in [-0.15, -0.1) is 10.2 Å². The van der Waals surface area contributed by atoms with E-state index in [-0.39, 0.29) is 17.3 Å². The van der Waals surface area contributed by atoms with Gasteiger partial charge in [0.15, 0.2) is 0 Å². The van der Waals surface area contributed by atoms with Gasteiger partial charge in [0.2, 0.25) is 21.8 Å². The number of aromatic nitrogens is 2. The number of sulfonamides is 1. The predicted molar refractivity (Wildman–Crippen MR) is 89.0 cm³/mol. The average molecular weight is 364 g/mol. The molecule has 0 aliphatic carbocycles. The highest BCUT2D eigenvalue weighted by atomic mass is 35.5. The molecule has 1 heterocycles. The van der Waals surface area contributed by atoms with Crippen molar-refractivity contribution in [2.75, 3.05) is 0 Å². The molecule has 8 heteroatoms. The summed E-state index contributed by atoms with van der Waals surface area (Å²) in [6, 6.07) is 15.6. The highest BCUT2D eigenvalue weighted by molar-refractivity contribution is 7.89. The molecule has 124 valence electrons. The van der Waals surface area contributed by atoms with Crippen LogP contribution in [-0.2, 0) is 23.0 Å². The Hall–Kier alpha value is -2.22. The van der Waals surface area contributed by atoms with Crippen molar-refractivity contribution in [2.24, 2.45) is 0 Å². The number of nitrogens with one attached hydrogen (secondary N) is 1. The summed E-state index contributed by atoms with van der Waals surface area (Å²) in [5.74, 6) is 0.639. The number of nitrogens with zero attached hydrogens (tertiary/aromatic N) is 2. The largest absolute Gasteiger partial charge is 0.423 e. The lowest BCUT2D eigenvalue weighted by Gasteiger charge is -2.04. The third-order valence-electron chi connectivity index (χ3n) is 3.24. The lowest BCUT2D eigenvalue weighted by molar-refractivity contribution is 0.451. The van der Waals surface area contributed by atoms with Crippen molar-refractivity contribution in [2.45, 2.75) is 17.9 Å². The summed E-state index contributed by atoms with van der Waals surface area (Å²) in [5.41, 5.74) is 1.04. The van der Waals surface area contributed by atoms with Gasteiger partial charge in [-0.1, -0.05) is 41.9 Å². The van der Waals surface area contributed by atoms with Gasteiger partial charge < -0.3 is 4.42 Å². The van der Waals surface area contributed by atoms with Gasteiger partial charge >= 0.3 is 0 Å². The first kappa shape index (κ1) is 16.6. The zero-order valence-corrected chi connectivity index (χ0v) is 14.1. The molecule has 24 heavy (non-hydrogen) atoms. The maximum atomic E-state index is 12.2. The minimum absolute atomic E-state index is 0.0766. The van der Waals surface area contributed by atoms with Crippen LogP contribution >= 0.6 is 11.6 Å². The quantitative estimate of drug-likeness (QED) is 0.727. The van der Waals surface area contributed by atoms with Crippen LogP contribution in [0.15, 0.2) is 63.9 Å². The van der Waals surface area contributed by atoms with Crippen molar-refractivity contribution < 1.29 is 12.8 Å². The van der Waals surface area contributed by atoms with Crippen molar-refractivity contribution in [3.63, 3.8) is 0 Å². The molecular weight excluding hydrogens is 350 g/mol. The lowest BCUT2D eigenvalue weighted by atomic mass is 10.2. The van der Waals surface area contributed by atoms with Gasteiger partial charge in [-0.05, 0) is 29.8 Å². The minimum atomic E-state index is -3.66. The zero-order chi connectivity index (χ0) is 17.0. The van der Waals surface area contributed by atoms with Gasteiger partial charge in [-0.25, -0.2) is 13.1 Å². The van der Waals surface area contributed by atoms with Crippen LogP contribution in [0.3, 0.4) is 0 Å². The third kappa shape index (κ3) is 4.19. The van der Waals surface area contributed by atoms with Crippen LogP contribution in [-0.4, -0.2) is 18.6 Å². The number of benzene rings is 2. The van der Waals surface area contributed by atoms with Crippen LogP contribution in [0.5, 0.6) is 0 Å². The SMILES string of the molecule is O=S(=O)(NCc1nnc(Cc2ccccc2)o1)c1ccc(Cl)cc1. The Bertz CT molecular complexity index is 909. The molecule has 0 fully saturated rings. The zero-order valence-electron chi connectivity index (χ0n) is 12.5. The highest BCUT2D eigenvalue weighted by Gasteiger charge is 2.15. The summed E-state index contributed by atoms with van der Waals surface area (Å²) in [5, 5.41) is 8.25. The van der Waals surface area contributed by atoms with E-state index >= 15 is 0 Å². The molecule has 0 spiro atoms. The van der Waals surface area contributed by atoms with Crippen LogP contribution in [0, 0.1) is 0 Å². The summed E-state index contributed by atoms with van der Waals surface area (Å²) in [4.78, 5) is 0.121. The molecule has 3 rings (SSSR count). The summed E-state index contributed by atoms with van der Waals surface area (Å²) < 4.78 is 32.2. The summed E-state index contributed by atoms with van der Waals surface area (Å²) in [6.07, 6.45) is 0.498. The molecular formula is C16H14ClN3O3S. The Morgan fingerprint density at radius 2 is 1.62 bits per heavy atom. The summed E-state index contributed by atoms with van der Waals surface area (Å²) in [7, 11) is -3.66. The first-order valence-corrected chi connectivity index (χ1v) is 8.99. The second-order valence-corrected chi connectivity index (χ2v) is 7.23. The van der Waals surface area contributed by atoms with Crippen LogP contribution < -0.4 is 4.72 Å². The van der Waals surface area contributed by atoms with Gasteiger partial charge in [0, 0.05) is 5.02 Å². The molecule has 0 bridgehead atoms. The lowest BCUT2D eigenvalue weighted by Crippen LogP contribution is -2.23. The Balaban J connectivity index is 1.64. The van der Waals surface area contributed by atoms with Crippen LogP contribution in [0.1, 0.15) is 17.3 Å². The maximum Gasteiger partial charge on any atom is 0.241 e. The van der Waals surface area contributed by atoms with Gasteiger partial charge in [0.05, 0.1) is 17.9 Å². The number of hydrogen-bond acceptors (Lipinski definition) is 5. The molecule has 1 aromatic heterocycles. The average Bonchev–Trinajstić information content (AvgIpc) is 3.02. The second kappa shape index (κ2) is 7.12. The third-order valence-corrected chi connectivity index (χ3v) is 4.91. The second-order valence-electron chi connectivity index (χ2n) is 5.03. The molecule has 2 aromatic carbocycles. The summed E-state index contributed by atoms with van der Waals surface area (Å²) >= 11 is 5.76. The number of hydrogen-bond donors (Lipinski definition) is 1. The topological polar surface area (TPSA) is 85.1 Å². The molecule has 0 saturated heterocycles. The smallest absolute Gasteiger partial charge is 0.241 e. The van der Waals surface area contributed by atoms with E-state index in [4.69, 9.17) is 16.0 Å². The van der Waals surface area contributed by atoms with E-state index in [2.05, 4.69) is 14.9 Å². The molecule has 0 aliphatic rings. The first-order valence-electron chi connectivity index (χ1n) is 7.13. The van der Waals surface area contributed by atoms with Gasteiger partial charge in [-0.3, -0.25) is 0 Å². The van der Waals surface area contributed by atoms with Gasteiger partial charge in [-0.2, -0.15) is 0 Å². The molecule has 0 aliphatic heterocycles. The number of rotatable bonds is 6. The van der Waals surface area contributed by atoms with Crippen molar-refractivity contribution >= 4 is 21.6 Å². The van der Waals surface area contributed by atoms with Gasteiger partial charge in [0.25, 0.3) is 0 Å². The van der Waals surface area contributed by atoms with E-state index in [1.807, 2.05) is 30.3 Å². The fourth-order valence-electron chi connectivity index (χ4n) is 2.06. The molecule has 0 saturated carbocycles. The van der Waals surface area contributed by atoms with E-state index in [9.17, 15) is 8.42 Å². The van der Waals surface area contributed by atoms with Crippen molar-refractivity contribution in [3.8, 4) is 0 Å². The Labute approximate surface area is 144 Å². The van der Waals surface area contributed by atoms with E-state index in [1.165, 1.54) is 24.3 Å². The van der Waals surface area contributed by atoms with E-state index < -0.39 is 10.0 Å². The monoisotopic (exact) mass is 363 g/mol. The summed E-state index contributed by atoms with van der Waals surface area (Å²) in [6.45, 7) is -0.0766. The molecule has 6 nitrogen and oxygen atoms in total. The molecule has 1 N–H and O–H groups in total. The molecule has 3 aromatic rings. The Kier molecular flexibility index (Phi) is 4.94. The Morgan fingerprint density at radius 1 is 0.958 bits per heavy atom. The van der Waals surface area contributed by atoms with Gasteiger partial charge in [0.1, 0.15) is 0 Å². The standard InChI is InChI=1S/C16H14ClN3O3S/c17-13-6-8-14(9-7-13)24(21,22)18-11-16-20-19-15(23-16)10-12-4-2-1-3-5-12/h1-9,18H,10-11H2. The fourth-order valence-corrected chi connectivity index (χ4v) is 3.16. The minimum Gasteiger partial charge on any atom is -0.423 e. The predicted octanol–water partition coefficient (Wildman–Crippen LogP) is 2.79. The molecule has 0 radical (unpaired) electrons. The first-order chi connectivity index (χ1) is 11.5. The van der Waals surface area contributed by atoms with Crippen LogP contribution in [0.25, 0.3) is 0 Å². The number of halogens is 1. The fraction of sp³-hybridized carbons (Fsp3) is 0.125. The van der Waals surface area contributed by atoms with E-state index in [1.54, 1.807) is 0 Å². The van der Waals surface area contributed by atoms with Crippen molar-refractivity contribution in [1.82, 2.24) is 14.9 Å². The molecule has 0 amide bonds. The van der Waals surface area contributed by atoms with Crippen LogP contribution in [0.2, 0.25) is 5.02 Å². The molecule has 0 atom stereocenters. The van der Waals surface area contributed by atoms with E-state index in [0.29, 0.717) is 17.3 Å². The highest BCUT2D eigenvalue weighted by Crippen LogP contribution is 2.14.